The number of anilines is 1. The van der Waals surface area contributed by atoms with E-state index in [1.165, 1.54) is 6.07 Å². The third-order valence-electron chi connectivity index (χ3n) is 3.27. The molecule has 4 unspecified atom stereocenters. The normalized spacial score (nSPS) is 27.2. The average molecular weight is 563 g/mol. The summed E-state index contributed by atoms with van der Waals surface area (Å²) in [5.74, 6) is -0.132. The SMILES string of the molecule is Nc1ccn([C@@H]2O[C@H](COP(=O)(O)OP(=O)([O-])OP(=O)([O-])O)C(O)[C@@H]2O)c(=O)n1.O.O.[Na+].[Na+]. The first kappa shape index (κ1) is 38.4. The third kappa shape index (κ3) is 11.7. The molecule has 0 saturated carbocycles. The van der Waals surface area contributed by atoms with E-state index >= 15 is 0 Å². The van der Waals surface area contributed by atoms with Gasteiger partial charge in [-0.25, -0.2) is 18.0 Å². The van der Waals surface area contributed by atoms with E-state index in [4.69, 9.17) is 15.4 Å². The molecule has 19 nitrogen and oxygen atoms in total. The van der Waals surface area contributed by atoms with Crippen LogP contribution in [0.15, 0.2) is 17.1 Å². The topological polar surface area (TPSA) is 339 Å². The van der Waals surface area contributed by atoms with Crippen molar-refractivity contribution in [2.75, 3.05) is 12.3 Å². The van der Waals surface area contributed by atoms with Gasteiger partial charge in [0.1, 0.15) is 24.1 Å². The molecular formula is C9H18N3Na2O16P3. The second kappa shape index (κ2) is 14.6. The molecule has 0 bridgehead atoms. The molecule has 0 aromatic carbocycles. The molecule has 1 aliphatic rings. The van der Waals surface area contributed by atoms with Gasteiger partial charge < -0.3 is 51.2 Å². The molecule has 2 rings (SSSR count). The van der Waals surface area contributed by atoms with Crippen molar-refractivity contribution in [3.8, 4) is 0 Å². The predicted octanol–water partition coefficient (Wildman–Crippen LogP) is -11.1. The second-order valence-electron chi connectivity index (χ2n) is 5.43. The fourth-order valence-corrected chi connectivity index (χ4v) is 5.11. The number of nitrogens with two attached hydrogens (primary N) is 1. The maximum Gasteiger partial charge on any atom is 1.00 e. The van der Waals surface area contributed by atoms with Crippen molar-refractivity contribution in [1.29, 1.82) is 0 Å². The van der Waals surface area contributed by atoms with E-state index in [1.807, 2.05) is 0 Å². The average Bonchev–Trinajstić information content (AvgIpc) is 2.78. The van der Waals surface area contributed by atoms with Crippen molar-refractivity contribution in [3.05, 3.63) is 22.7 Å². The quantitative estimate of drug-likeness (QED) is 0.145. The van der Waals surface area contributed by atoms with Crippen LogP contribution in [0.3, 0.4) is 0 Å². The van der Waals surface area contributed by atoms with Gasteiger partial charge in [0.15, 0.2) is 6.23 Å². The number of hydrogen-bond acceptors (Lipinski definition) is 14. The molecule has 1 aromatic heterocycles. The molecule has 10 N–H and O–H groups in total. The Morgan fingerprint density at radius 1 is 1.12 bits per heavy atom. The minimum absolute atomic E-state index is 0. The van der Waals surface area contributed by atoms with Crippen LogP contribution < -0.4 is 80.3 Å². The Kier molecular flexibility index (Phi) is 17.0. The van der Waals surface area contributed by atoms with Gasteiger partial charge >= 0.3 is 72.6 Å². The molecule has 1 aliphatic heterocycles. The number of aliphatic hydroxyl groups is 2. The van der Waals surface area contributed by atoms with Crippen LogP contribution in [0.4, 0.5) is 5.82 Å². The first-order valence-electron chi connectivity index (χ1n) is 7.21. The Hall–Kier alpha value is 0.890. The standard InChI is InChI=1S/C9H16N3O14P3.2Na.2H2O/c10-5-1-2-12(9(15)11-5)8-7(14)6(13)4(24-8)3-23-28(19,20)26-29(21,22)25-27(16,17)18;;;;/h1-2,4,6-8,13-14H,3H2,(H,19,20)(H,21,22)(H2,10,11,15)(H2,16,17,18);;;2*1H2/q;2*+1;;/p-2/t4-,6?,7+,8-;;;;/m1..../s1. The molecule has 33 heavy (non-hydrogen) atoms. The van der Waals surface area contributed by atoms with Gasteiger partial charge in [-0.3, -0.25) is 18.2 Å². The van der Waals surface area contributed by atoms with Crippen molar-refractivity contribution in [2.45, 2.75) is 24.5 Å². The van der Waals surface area contributed by atoms with Crippen LogP contribution in [0.1, 0.15) is 6.23 Å². The van der Waals surface area contributed by atoms with Gasteiger partial charge in [0.05, 0.1) is 6.61 Å². The van der Waals surface area contributed by atoms with E-state index < -0.39 is 60.3 Å². The molecule has 0 spiro atoms. The summed E-state index contributed by atoms with van der Waals surface area (Å²) in [7, 11) is -17.4. The molecule has 0 radical (unpaired) electrons. The Balaban J connectivity index is -0.00000225. The van der Waals surface area contributed by atoms with Crippen LogP contribution in [-0.2, 0) is 31.6 Å². The molecule has 1 fully saturated rings. The number of hydrogen-bond donors (Lipinski definition) is 5. The Bertz CT molecular complexity index is 959. The molecule has 1 aromatic rings. The fourth-order valence-electron chi connectivity index (χ4n) is 2.18. The maximum absolute atomic E-state index is 11.8. The first-order chi connectivity index (χ1) is 13.1. The minimum Gasteiger partial charge on any atom is -0.756 e. The first-order valence-corrected chi connectivity index (χ1v) is 11.7. The molecule has 182 valence electrons. The number of aromatic nitrogens is 2. The van der Waals surface area contributed by atoms with E-state index in [2.05, 4.69) is 18.1 Å². The Morgan fingerprint density at radius 2 is 1.67 bits per heavy atom. The van der Waals surface area contributed by atoms with Gasteiger partial charge in [-0.15, -0.1) is 0 Å². The van der Waals surface area contributed by atoms with Crippen LogP contribution in [0.2, 0.25) is 0 Å². The van der Waals surface area contributed by atoms with Gasteiger partial charge in [-0.2, -0.15) is 4.98 Å². The Labute approximate surface area is 228 Å². The van der Waals surface area contributed by atoms with E-state index in [0.717, 1.165) is 10.8 Å². The number of aliphatic hydroxyl groups excluding tert-OH is 2. The summed E-state index contributed by atoms with van der Waals surface area (Å²) in [6, 6.07) is 1.19. The predicted molar refractivity (Wildman–Crippen MR) is 91.4 cm³/mol. The van der Waals surface area contributed by atoms with Crippen molar-refractivity contribution in [3.63, 3.8) is 0 Å². The summed E-state index contributed by atoms with van der Waals surface area (Å²) in [6.07, 6.45) is -5.50. The third-order valence-corrected chi connectivity index (χ3v) is 7.00. The maximum atomic E-state index is 11.8. The van der Waals surface area contributed by atoms with Crippen molar-refractivity contribution in [2.24, 2.45) is 0 Å². The van der Waals surface area contributed by atoms with E-state index in [9.17, 15) is 43.4 Å². The van der Waals surface area contributed by atoms with Crippen molar-refractivity contribution in [1.82, 2.24) is 9.55 Å². The number of nitrogen functional groups attached to an aromatic ring is 1. The molecule has 2 heterocycles. The molecular weight excluding hydrogens is 545 g/mol. The zero-order chi connectivity index (χ0) is 22.2. The number of rotatable bonds is 8. The summed E-state index contributed by atoms with van der Waals surface area (Å²) < 4.78 is 49.9. The molecule has 24 heteroatoms. The van der Waals surface area contributed by atoms with E-state index in [0.29, 0.717) is 0 Å². The summed E-state index contributed by atoms with van der Waals surface area (Å²) in [5, 5.41) is 19.9. The molecule has 0 aliphatic carbocycles. The fraction of sp³-hybridized carbons (Fsp3) is 0.556. The van der Waals surface area contributed by atoms with Crippen LogP contribution in [0, 0.1) is 0 Å². The smallest absolute Gasteiger partial charge is 0.756 e. The van der Waals surface area contributed by atoms with Crippen molar-refractivity contribution < 1.29 is 131 Å². The van der Waals surface area contributed by atoms with Crippen LogP contribution in [-0.4, -0.2) is 65.4 Å². The summed E-state index contributed by atoms with van der Waals surface area (Å²) in [4.78, 5) is 54.3. The second-order valence-corrected chi connectivity index (χ2v) is 9.77. The largest absolute Gasteiger partial charge is 1.00 e. The molecule has 1 saturated heterocycles. The summed E-state index contributed by atoms with van der Waals surface area (Å²) in [5.41, 5.74) is 4.37. The van der Waals surface area contributed by atoms with E-state index in [-0.39, 0.29) is 75.9 Å². The molecule has 0 amide bonds. The van der Waals surface area contributed by atoms with Crippen LogP contribution in [0.25, 0.3) is 0 Å². The number of phosphoric ester groups is 1. The van der Waals surface area contributed by atoms with Gasteiger partial charge in [-0.1, -0.05) is 0 Å². The summed E-state index contributed by atoms with van der Waals surface area (Å²) in [6.45, 7) is -1.06. The number of nitrogens with zero attached hydrogens (tertiary/aromatic N) is 2. The van der Waals surface area contributed by atoms with Crippen LogP contribution in [0.5, 0.6) is 0 Å². The van der Waals surface area contributed by atoms with Crippen LogP contribution >= 0.6 is 23.5 Å². The number of ether oxygens (including phenoxy) is 1. The van der Waals surface area contributed by atoms with Gasteiger partial charge in [0.2, 0.25) is 0 Å². The molecule has 7 atom stereocenters. The minimum atomic E-state index is -6.03. The number of phosphoric acid groups is 3. The zero-order valence-electron chi connectivity index (χ0n) is 16.9. The Morgan fingerprint density at radius 3 is 2.15 bits per heavy atom. The van der Waals surface area contributed by atoms with Gasteiger partial charge in [-0.05, 0) is 6.07 Å². The van der Waals surface area contributed by atoms with E-state index in [1.54, 1.807) is 0 Å². The van der Waals surface area contributed by atoms with Crippen molar-refractivity contribution >= 4 is 29.3 Å². The monoisotopic (exact) mass is 563 g/mol. The summed E-state index contributed by atoms with van der Waals surface area (Å²) >= 11 is 0. The zero-order valence-corrected chi connectivity index (χ0v) is 23.5. The van der Waals surface area contributed by atoms with Gasteiger partial charge in [0, 0.05) is 6.20 Å². The van der Waals surface area contributed by atoms with Gasteiger partial charge in [0.25, 0.3) is 15.6 Å².